The molecule has 1 aliphatic heterocycles. The predicted molar refractivity (Wildman–Crippen MR) is 85.7 cm³/mol. The van der Waals surface area contributed by atoms with E-state index in [1.165, 1.54) is 18.4 Å². The Morgan fingerprint density at radius 3 is 2.42 bits per heavy atom. The lowest BCUT2D eigenvalue weighted by Gasteiger charge is -2.12. The van der Waals surface area contributed by atoms with Crippen LogP contribution in [0.1, 0.15) is 32.2 Å². The summed E-state index contributed by atoms with van der Waals surface area (Å²) in [6.07, 6.45) is 1.22. The van der Waals surface area contributed by atoms with Gasteiger partial charge in [-0.3, -0.25) is 9.59 Å². The van der Waals surface area contributed by atoms with Crippen molar-refractivity contribution in [1.82, 2.24) is 10.0 Å². The first kappa shape index (κ1) is 15.8. The largest absolute Gasteiger partial charge is 0.459 e. The molecule has 3 heterocycles. The van der Waals surface area contributed by atoms with Crippen LogP contribution >= 0.6 is 0 Å². The zero-order valence-electron chi connectivity index (χ0n) is 13.6. The zero-order chi connectivity index (χ0) is 18.3. The number of carbonyl (C=O) groups is 3. The summed E-state index contributed by atoms with van der Waals surface area (Å²) in [4.78, 5) is 45.8. The third kappa shape index (κ3) is 2.57. The standard InChI is InChI=1S/C18H12N2O6/c1-10-13(19-16(25-10)14-7-4-8-24-14)9-15(21)26-20-17(22)11-5-2-3-6-12(11)18(20)23/h2-8H,9H2,1H3. The van der Waals surface area contributed by atoms with E-state index < -0.39 is 17.8 Å². The Bertz CT molecular complexity index is 983. The molecule has 4 rings (SSSR count). The molecule has 2 amide bonds. The first-order valence-electron chi connectivity index (χ1n) is 7.73. The fourth-order valence-electron chi connectivity index (χ4n) is 2.62. The molecule has 0 N–H and O–H groups in total. The van der Waals surface area contributed by atoms with Crippen molar-refractivity contribution < 1.29 is 28.1 Å². The van der Waals surface area contributed by atoms with Gasteiger partial charge in [0.2, 0.25) is 0 Å². The molecule has 1 aliphatic rings. The molecule has 0 saturated carbocycles. The topological polar surface area (TPSA) is 103 Å². The fraction of sp³-hybridized carbons (Fsp3) is 0.111. The normalized spacial score (nSPS) is 13.2. The number of benzene rings is 1. The molecule has 0 fully saturated rings. The number of furan rings is 1. The lowest BCUT2D eigenvalue weighted by molar-refractivity contribution is -0.167. The molecular weight excluding hydrogens is 340 g/mol. The number of hydrogen-bond acceptors (Lipinski definition) is 7. The molecule has 0 saturated heterocycles. The molecule has 26 heavy (non-hydrogen) atoms. The van der Waals surface area contributed by atoms with Gasteiger partial charge >= 0.3 is 5.97 Å². The van der Waals surface area contributed by atoms with Crippen LogP contribution in [-0.2, 0) is 16.1 Å². The maximum atomic E-state index is 12.2. The van der Waals surface area contributed by atoms with Crippen molar-refractivity contribution in [2.75, 3.05) is 0 Å². The van der Waals surface area contributed by atoms with Gasteiger partial charge in [-0.2, -0.15) is 0 Å². The van der Waals surface area contributed by atoms with Gasteiger partial charge < -0.3 is 13.7 Å². The molecule has 8 nitrogen and oxygen atoms in total. The van der Waals surface area contributed by atoms with Gasteiger partial charge in [0.05, 0.1) is 29.5 Å². The van der Waals surface area contributed by atoms with Crippen LogP contribution in [0, 0.1) is 6.92 Å². The number of aromatic nitrogens is 1. The summed E-state index contributed by atoms with van der Waals surface area (Å²) < 4.78 is 10.7. The molecule has 0 atom stereocenters. The van der Waals surface area contributed by atoms with Gasteiger partial charge in [-0.25, -0.2) is 9.78 Å². The van der Waals surface area contributed by atoms with Crippen molar-refractivity contribution in [3.05, 3.63) is 65.2 Å². The zero-order valence-corrected chi connectivity index (χ0v) is 13.6. The van der Waals surface area contributed by atoms with E-state index in [2.05, 4.69) is 4.98 Å². The van der Waals surface area contributed by atoms with Gasteiger partial charge in [0.1, 0.15) is 5.76 Å². The molecule has 3 aromatic rings. The molecule has 1 aromatic carbocycles. The second-order valence-corrected chi connectivity index (χ2v) is 5.59. The quantitative estimate of drug-likeness (QED) is 0.665. The van der Waals surface area contributed by atoms with E-state index in [1.54, 1.807) is 31.2 Å². The highest BCUT2D eigenvalue weighted by Crippen LogP contribution is 2.24. The number of hydroxylamine groups is 2. The maximum Gasteiger partial charge on any atom is 0.339 e. The minimum atomic E-state index is -0.804. The summed E-state index contributed by atoms with van der Waals surface area (Å²) in [5.74, 6) is -1.08. The lowest BCUT2D eigenvalue weighted by Crippen LogP contribution is -2.33. The number of amides is 2. The molecule has 2 aromatic heterocycles. The SMILES string of the molecule is Cc1oc(-c2ccco2)nc1CC(=O)ON1C(=O)c2ccccc2C1=O. The van der Waals surface area contributed by atoms with Crippen LogP contribution in [0.25, 0.3) is 11.7 Å². The van der Waals surface area contributed by atoms with Crippen LogP contribution in [0.15, 0.2) is 51.5 Å². The Labute approximate surface area is 146 Å². The number of hydrogen-bond donors (Lipinski definition) is 0. The average molecular weight is 352 g/mol. The van der Waals surface area contributed by atoms with Crippen molar-refractivity contribution in [1.29, 1.82) is 0 Å². The Kier molecular flexibility index (Phi) is 3.65. The van der Waals surface area contributed by atoms with E-state index in [4.69, 9.17) is 13.7 Å². The van der Waals surface area contributed by atoms with Crippen molar-refractivity contribution in [3.8, 4) is 11.7 Å². The summed E-state index contributed by atoms with van der Waals surface area (Å²) in [5, 5.41) is 0.468. The average Bonchev–Trinajstić information content (AvgIpc) is 3.33. The van der Waals surface area contributed by atoms with E-state index in [9.17, 15) is 14.4 Å². The monoisotopic (exact) mass is 352 g/mol. The van der Waals surface area contributed by atoms with Crippen LogP contribution < -0.4 is 0 Å². The number of oxazole rings is 1. The molecule has 0 aliphatic carbocycles. The molecule has 130 valence electrons. The number of carbonyl (C=O) groups excluding carboxylic acids is 3. The minimum Gasteiger partial charge on any atom is -0.459 e. The van der Waals surface area contributed by atoms with Gasteiger partial charge in [0.25, 0.3) is 17.7 Å². The summed E-state index contributed by atoms with van der Waals surface area (Å²) in [7, 11) is 0. The predicted octanol–water partition coefficient (Wildman–Crippen LogP) is 2.54. The van der Waals surface area contributed by atoms with Gasteiger partial charge in [0.15, 0.2) is 5.76 Å². The van der Waals surface area contributed by atoms with Crippen molar-refractivity contribution in [2.45, 2.75) is 13.3 Å². The van der Waals surface area contributed by atoms with Gasteiger partial charge in [0, 0.05) is 0 Å². The Balaban J connectivity index is 1.49. The second kappa shape index (κ2) is 5.99. The Hall–Kier alpha value is -3.68. The summed E-state index contributed by atoms with van der Waals surface area (Å²) in [6.45, 7) is 1.64. The van der Waals surface area contributed by atoms with Crippen molar-refractivity contribution in [3.63, 3.8) is 0 Å². The molecule has 8 heteroatoms. The molecule has 0 bridgehead atoms. The Morgan fingerprint density at radius 1 is 1.12 bits per heavy atom. The van der Waals surface area contributed by atoms with Gasteiger partial charge in [-0.05, 0) is 31.2 Å². The highest BCUT2D eigenvalue weighted by molar-refractivity contribution is 6.20. The molecule has 0 unspecified atom stereocenters. The number of rotatable bonds is 4. The number of aryl methyl sites for hydroxylation is 1. The van der Waals surface area contributed by atoms with E-state index >= 15 is 0 Å². The maximum absolute atomic E-state index is 12.2. The van der Waals surface area contributed by atoms with Crippen LogP contribution in [0.5, 0.6) is 0 Å². The third-order valence-corrected chi connectivity index (χ3v) is 3.89. The summed E-state index contributed by atoms with van der Waals surface area (Å²) in [5.41, 5.74) is 0.726. The van der Waals surface area contributed by atoms with Crippen molar-refractivity contribution in [2.24, 2.45) is 0 Å². The number of fused-ring (bicyclic) bond motifs is 1. The van der Waals surface area contributed by atoms with E-state index in [1.807, 2.05) is 0 Å². The van der Waals surface area contributed by atoms with Crippen LogP contribution in [-0.4, -0.2) is 27.8 Å². The summed E-state index contributed by atoms with van der Waals surface area (Å²) >= 11 is 0. The first-order valence-corrected chi connectivity index (χ1v) is 7.73. The van der Waals surface area contributed by atoms with Crippen molar-refractivity contribution >= 4 is 17.8 Å². The third-order valence-electron chi connectivity index (χ3n) is 3.89. The van der Waals surface area contributed by atoms with E-state index in [0.29, 0.717) is 22.3 Å². The van der Waals surface area contributed by atoms with Gasteiger partial charge in [-0.1, -0.05) is 17.2 Å². The van der Waals surface area contributed by atoms with Gasteiger partial charge in [-0.15, -0.1) is 0 Å². The lowest BCUT2D eigenvalue weighted by atomic mass is 10.1. The molecule has 0 spiro atoms. The smallest absolute Gasteiger partial charge is 0.339 e. The minimum absolute atomic E-state index is 0.197. The summed E-state index contributed by atoms with van der Waals surface area (Å²) in [6, 6.07) is 9.62. The molecule has 0 radical (unpaired) electrons. The van der Waals surface area contributed by atoms with Crippen LogP contribution in [0.3, 0.4) is 0 Å². The van der Waals surface area contributed by atoms with Crippen LogP contribution in [0.2, 0.25) is 0 Å². The fourth-order valence-corrected chi connectivity index (χ4v) is 2.62. The highest BCUT2D eigenvalue weighted by atomic mass is 16.7. The highest BCUT2D eigenvalue weighted by Gasteiger charge is 2.38. The Morgan fingerprint density at radius 2 is 1.81 bits per heavy atom. The number of nitrogens with zero attached hydrogens (tertiary/aromatic N) is 2. The van der Waals surface area contributed by atoms with E-state index in [-0.39, 0.29) is 23.4 Å². The van der Waals surface area contributed by atoms with E-state index in [0.717, 1.165) is 0 Å². The first-order chi connectivity index (χ1) is 12.5. The molecular formula is C18H12N2O6. The second-order valence-electron chi connectivity index (χ2n) is 5.59. The number of imide groups is 1. The van der Waals surface area contributed by atoms with Crippen LogP contribution in [0.4, 0.5) is 0 Å².